The average Bonchev–Trinajstić information content (AvgIpc) is 2.18. The molecule has 0 unspecified atom stereocenters. The standard InChI is InChI=1S/C13H17N/c1-10-4-2-3-5-12(10)13-6-11(7-13)8-14-9-13/h2-5,11,14H,6-9H2,1H3. The monoisotopic (exact) mass is 187 g/mol. The Morgan fingerprint density at radius 2 is 2.07 bits per heavy atom. The Hall–Kier alpha value is -0.820. The molecule has 2 saturated heterocycles. The number of aryl methyl sites for hydroxylation is 1. The smallest absolute Gasteiger partial charge is 0.00866 e. The maximum absolute atomic E-state index is 3.55. The van der Waals surface area contributed by atoms with Crippen LogP contribution in [0.5, 0.6) is 0 Å². The minimum absolute atomic E-state index is 0.494. The summed E-state index contributed by atoms with van der Waals surface area (Å²) in [7, 11) is 0. The van der Waals surface area contributed by atoms with Crippen molar-refractivity contribution in [1.82, 2.24) is 5.32 Å². The molecule has 2 heterocycles. The second kappa shape index (κ2) is 2.83. The lowest BCUT2D eigenvalue weighted by molar-refractivity contribution is 0.0895. The summed E-state index contributed by atoms with van der Waals surface area (Å²) in [5.74, 6) is 0.948. The second-order valence-electron chi connectivity index (χ2n) is 5.00. The van der Waals surface area contributed by atoms with Crippen LogP contribution in [0.4, 0.5) is 0 Å². The molecule has 1 N–H and O–H groups in total. The highest BCUT2D eigenvalue weighted by Gasteiger charge is 2.48. The normalized spacial score (nSPS) is 35.1. The largest absolute Gasteiger partial charge is 0.316 e. The number of rotatable bonds is 1. The SMILES string of the molecule is Cc1ccccc1C12CNCC(C1)C2. The maximum Gasteiger partial charge on any atom is 0.00866 e. The third-order valence-corrected chi connectivity index (χ3v) is 3.97. The number of nitrogens with one attached hydrogen (secondary N) is 1. The first kappa shape index (κ1) is 8.49. The van der Waals surface area contributed by atoms with E-state index >= 15 is 0 Å². The van der Waals surface area contributed by atoms with E-state index in [4.69, 9.17) is 0 Å². The molecule has 0 spiro atoms. The van der Waals surface area contributed by atoms with Gasteiger partial charge in [0.05, 0.1) is 0 Å². The van der Waals surface area contributed by atoms with Gasteiger partial charge in [-0.2, -0.15) is 0 Å². The van der Waals surface area contributed by atoms with E-state index in [0.717, 1.165) is 5.92 Å². The van der Waals surface area contributed by atoms with Crippen molar-refractivity contribution in [2.75, 3.05) is 13.1 Å². The van der Waals surface area contributed by atoms with Crippen molar-refractivity contribution in [2.24, 2.45) is 5.92 Å². The maximum atomic E-state index is 3.55. The van der Waals surface area contributed by atoms with Gasteiger partial charge < -0.3 is 5.32 Å². The van der Waals surface area contributed by atoms with Gasteiger partial charge in [-0.05, 0) is 43.4 Å². The first-order chi connectivity index (χ1) is 6.80. The fourth-order valence-electron chi connectivity index (χ4n) is 3.33. The molecule has 2 bridgehead atoms. The second-order valence-corrected chi connectivity index (χ2v) is 5.00. The number of fused-ring (bicyclic) bond motifs is 2. The van der Waals surface area contributed by atoms with Crippen LogP contribution in [0.3, 0.4) is 0 Å². The van der Waals surface area contributed by atoms with Gasteiger partial charge in [0.2, 0.25) is 0 Å². The van der Waals surface area contributed by atoms with E-state index in [9.17, 15) is 0 Å². The van der Waals surface area contributed by atoms with Gasteiger partial charge in [0, 0.05) is 12.0 Å². The van der Waals surface area contributed by atoms with E-state index in [2.05, 4.69) is 36.5 Å². The van der Waals surface area contributed by atoms with E-state index in [1.165, 1.54) is 31.5 Å². The summed E-state index contributed by atoms with van der Waals surface area (Å²) in [6, 6.07) is 8.88. The van der Waals surface area contributed by atoms with Crippen LogP contribution in [0.2, 0.25) is 0 Å². The van der Waals surface area contributed by atoms with Crippen LogP contribution in [-0.2, 0) is 5.41 Å². The van der Waals surface area contributed by atoms with Gasteiger partial charge >= 0.3 is 0 Å². The van der Waals surface area contributed by atoms with Crippen LogP contribution in [0, 0.1) is 12.8 Å². The van der Waals surface area contributed by atoms with E-state index in [1.54, 1.807) is 5.56 Å². The first-order valence-electron chi connectivity index (χ1n) is 5.57. The highest BCUT2D eigenvalue weighted by Crippen LogP contribution is 2.50. The Bertz CT molecular complexity index is 344. The van der Waals surface area contributed by atoms with Crippen molar-refractivity contribution in [3.63, 3.8) is 0 Å². The zero-order valence-corrected chi connectivity index (χ0v) is 8.72. The van der Waals surface area contributed by atoms with Crippen LogP contribution in [-0.4, -0.2) is 13.1 Å². The van der Waals surface area contributed by atoms with Gasteiger partial charge in [0.25, 0.3) is 0 Å². The van der Waals surface area contributed by atoms with Crippen molar-refractivity contribution in [3.05, 3.63) is 35.4 Å². The van der Waals surface area contributed by atoms with E-state index in [0.29, 0.717) is 5.41 Å². The molecule has 1 aromatic rings. The zero-order valence-electron chi connectivity index (χ0n) is 8.72. The summed E-state index contributed by atoms with van der Waals surface area (Å²) in [5, 5.41) is 3.55. The number of piperidine rings is 2. The van der Waals surface area contributed by atoms with Gasteiger partial charge in [-0.3, -0.25) is 0 Å². The summed E-state index contributed by atoms with van der Waals surface area (Å²) in [6.45, 7) is 4.67. The predicted octanol–water partition coefficient (Wildman–Crippen LogP) is 2.25. The third-order valence-electron chi connectivity index (χ3n) is 3.97. The van der Waals surface area contributed by atoms with E-state index in [-0.39, 0.29) is 0 Å². The molecule has 0 radical (unpaired) electrons. The van der Waals surface area contributed by atoms with Crippen molar-refractivity contribution in [2.45, 2.75) is 25.2 Å². The average molecular weight is 187 g/mol. The molecule has 0 amide bonds. The highest BCUT2D eigenvalue weighted by molar-refractivity contribution is 5.37. The van der Waals surface area contributed by atoms with Crippen molar-refractivity contribution < 1.29 is 0 Å². The third kappa shape index (κ3) is 1.05. The first-order valence-corrected chi connectivity index (χ1v) is 5.57. The fourth-order valence-corrected chi connectivity index (χ4v) is 3.33. The Labute approximate surface area is 85.5 Å². The molecule has 0 aromatic heterocycles. The highest BCUT2D eigenvalue weighted by atomic mass is 14.9. The minimum Gasteiger partial charge on any atom is -0.316 e. The lowest BCUT2D eigenvalue weighted by Crippen LogP contribution is -2.57. The zero-order chi connectivity index (χ0) is 9.60. The molecule has 74 valence electrons. The Morgan fingerprint density at radius 1 is 1.29 bits per heavy atom. The Balaban J connectivity index is 1.99. The fraction of sp³-hybridized carbons (Fsp3) is 0.538. The molecule has 1 nitrogen and oxygen atoms in total. The summed E-state index contributed by atoms with van der Waals surface area (Å²) in [5.41, 5.74) is 3.55. The quantitative estimate of drug-likeness (QED) is 0.711. The van der Waals surface area contributed by atoms with Gasteiger partial charge in [0.15, 0.2) is 0 Å². The van der Waals surface area contributed by atoms with Gasteiger partial charge in [0.1, 0.15) is 0 Å². The van der Waals surface area contributed by atoms with Gasteiger partial charge in [-0.15, -0.1) is 0 Å². The van der Waals surface area contributed by atoms with Crippen LogP contribution < -0.4 is 5.32 Å². The molecule has 1 heteroatoms. The molecule has 1 aromatic carbocycles. The molecule has 1 saturated carbocycles. The van der Waals surface area contributed by atoms with Gasteiger partial charge in [-0.1, -0.05) is 24.3 Å². The lowest BCUT2D eigenvalue weighted by Gasteiger charge is -2.53. The number of hydrogen-bond acceptors (Lipinski definition) is 1. The summed E-state index contributed by atoms with van der Waals surface area (Å²) >= 11 is 0. The van der Waals surface area contributed by atoms with Crippen molar-refractivity contribution in [3.8, 4) is 0 Å². The van der Waals surface area contributed by atoms with Crippen molar-refractivity contribution >= 4 is 0 Å². The topological polar surface area (TPSA) is 12.0 Å². The molecule has 4 rings (SSSR count). The summed E-state index contributed by atoms with van der Waals surface area (Å²) < 4.78 is 0. The lowest BCUT2D eigenvalue weighted by atomic mass is 9.56. The van der Waals surface area contributed by atoms with E-state index < -0.39 is 0 Å². The molecule has 1 aliphatic carbocycles. The van der Waals surface area contributed by atoms with Crippen LogP contribution in [0.25, 0.3) is 0 Å². The van der Waals surface area contributed by atoms with Crippen molar-refractivity contribution in [1.29, 1.82) is 0 Å². The summed E-state index contributed by atoms with van der Waals surface area (Å²) in [4.78, 5) is 0. The molecule has 14 heavy (non-hydrogen) atoms. The summed E-state index contributed by atoms with van der Waals surface area (Å²) in [6.07, 6.45) is 2.82. The van der Waals surface area contributed by atoms with Crippen LogP contribution in [0.1, 0.15) is 24.0 Å². The van der Waals surface area contributed by atoms with Crippen LogP contribution in [0.15, 0.2) is 24.3 Å². The predicted molar refractivity (Wildman–Crippen MR) is 58.5 cm³/mol. The molecule has 3 aliphatic rings. The molecular weight excluding hydrogens is 170 g/mol. The minimum atomic E-state index is 0.494. The number of benzene rings is 1. The Kier molecular flexibility index (Phi) is 1.72. The van der Waals surface area contributed by atoms with Gasteiger partial charge in [-0.25, -0.2) is 0 Å². The van der Waals surface area contributed by atoms with E-state index in [1.807, 2.05) is 0 Å². The number of hydrogen-bond donors (Lipinski definition) is 1. The molecule has 3 fully saturated rings. The van der Waals surface area contributed by atoms with Crippen LogP contribution >= 0.6 is 0 Å². The molecule has 0 atom stereocenters. The molecule has 2 aliphatic heterocycles. The molecular formula is C13H17N. The Morgan fingerprint density at radius 3 is 2.71 bits per heavy atom.